The highest BCUT2D eigenvalue weighted by atomic mass is 35.5. The van der Waals surface area contributed by atoms with Gasteiger partial charge in [-0.3, -0.25) is 4.79 Å². The van der Waals surface area contributed by atoms with E-state index in [1.807, 2.05) is 0 Å². The zero-order valence-corrected chi connectivity index (χ0v) is 13.3. The molecule has 2 unspecified atom stereocenters. The summed E-state index contributed by atoms with van der Waals surface area (Å²) in [6.07, 6.45) is 0.901. The minimum atomic E-state index is -1.10. The van der Waals surface area contributed by atoms with Crippen molar-refractivity contribution < 1.29 is 19.8 Å². The molecule has 1 amide bonds. The molecule has 0 aliphatic rings. The number of amides is 1. The quantitative estimate of drug-likeness (QED) is 0.471. The first-order valence-electron chi connectivity index (χ1n) is 6.24. The lowest BCUT2D eigenvalue weighted by molar-refractivity contribution is -0.140. The number of carboxylic acid groups (broad SMARTS) is 1. The Balaban J connectivity index is 2.74. The number of imidazole rings is 1. The Morgan fingerprint density at radius 3 is 2.76 bits per heavy atom. The average Bonchev–Trinajstić information content (AvgIpc) is 2.75. The van der Waals surface area contributed by atoms with Crippen molar-refractivity contribution in [3.05, 3.63) is 12.0 Å². The number of thioether (sulfide) groups is 1. The second-order valence-electron chi connectivity index (χ2n) is 4.46. The van der Waals surface area contributed by atoms with E-state index < -0.39 is 24.0 Å². The van der Waals surface area contributed by atoms with E-state index in [-0.39, 0.29) is 18.2 Å². The number of carboxylic acids is 1. The van der Waals surface area contributed by atoms with Crippen molar-refractivity contribution >= 4 is 35.2 Å². The number of nitrogens with one attached hydrogen (secondary N) is 1. The van der Waals surface area contributed by atoms with Crippen LogP contribution in [0.25, 0.3) is 0 Å². The van der Waals surface area contributed by atoms with Crippen molar-refractivity contribution in [1.29, 1.82) is 0 Å². The first kappa shape index (κ1) is 17.8. The number of aliphatic hydroxyl groups is 1. The van der Waals surface area contributed by atoms with Gasteiger partial charge in [0.2, 0.25) is 5.91 Å². The van der Waals surface area contributed by atoms with Crippen molar-refractivity contribution in [2.75, 3.05) is 11.6 Å². The second kappa shape index (κ2) is 8.26. The van der Waals surface area contributed by atoms with E-state index in [9.17, 15) is 14.7 Å². The third kappa shape index (κ3) is 5.56. The van der Waals surface area contributed by atoms with Gasteiger partial charge in [0.05, 0.1) is 29.8 Å². The topological polar surface area (TPSA) is 104 Å². The van der Waals surface area contributed by atoms with Crippen molar-refractivity contribution in [2.24, 2.45) is 0 Å². The molecule has 0 fully saturated rings. The summed E-state index contributed by atoms with van der Waals surface area (Å²) in [5.74, 6) is -0.526. The van der Waals surface area contributed by atoms with Gasteiger partial charge in [0.1, 0.15) is 11.9 Å². The minimum Gasteiger partial charge on any atom is -0.480 e. The Hall–Kier alpha value is -1.25. The Labute approximate surface area is 131 Å². The van der Waals surface area contributed by atoms with Crippen LogP contribution in [0.5, 0.6) is 0 Å². The standard InChI is InChI=1S/C12H18ClN3O4S/c1-7-14-4-11(16(7)5-9(18)3-13)21-6-10(12(19)20)15-8(2)17/h4,9-10,18H,3,5-6H2,1-2H3,(H,15,17)(H,19,20). The van der Waals surface area contributed by atoms with Gasteiger partial charge in [-0.2, -0.15) is 0 Å². The highest BCUT2D eigenvalue weighted by molar-refractivity contribution is 7.99. The summed E-state index contributed by atoms with van der Waals surface area (Å²) in [5.41, 5.74) is 0. The van der Waals surface area contributed by atoms with Gasteiger partial charge in [0.25, 0.3) is 0 Å². The molecule has 0 bridgehead atoms. The monoisotopic (exact) mass is 335 g/mol. The lowest BCUT2D eigenvalue weighted by atomic mass is 10.3. The highest BCUT2D eigenvalue weighted by Gasteiger charge is 2.20. The molecule has 1 rings (SSSR count). The number of aliphatic hydroxyl groups excluding tert-OH is 1. The largest absolute Gasteiger partial charge is 0.480 e. The van der Waals surface area contributed by atoms with Gasteiger partial charge in [0, 0.05) is 12.7 Å². The molecule has 9 heteroatoms. The van der Waals surface area contributed by atoms with E-state index in [0.29, 0.717) is 10.9 Å². The number of carbonyl (C=O) groups is 2. The smallest absolute Gasteiger partial charge is 0.327 e. The molecule has 0 saturated heterocycles. The van der Waals surface area contributed by atoms with Crippen molar-refractivity contribution in [3.8, 4) is 0 Å². The van der Waals surface area contributed by atoms with Crippen LogP contribution in [0, 0.1) is 6.92 Å². The fraction of sp³-hybridized carbons (Fsp3) is 0.583. The third-order valence-corrected chi connectivity index (χ3v) is 4.14. The van der Waals surface area contributed by atoms with Crippen LogP contribution in [0.1, 0.15) is 12.7 Å². The summed E-state index contributed by atoms with van der Waals surface area (Å²) in [7, 11) is 0. The van der Waals surface area contributed by atoms with Crippen LogP contribution in [0.4, 0.5) is 0 Å². The van der Waals surface area contributed by atoms with E-state index in [1.165, 1.54) is 18.7 Å². The summed E-state index contributed by atoms with van der Waals surface area (Å²) >= 11 is 6.83. The van der Waals surface area contributed by atoms with Crippen LogP contribution in [0.2, 0.25) is 0 Å². The maximum atomic E-state index is 11.1. The van der Waals surface area contributed by atoms with Crippen LogP contribution < -0.4 is 5.32 Å². The van der Waals surface area contributed by atoms with E-state index in [0.717, 1.165) is 0 Å². The summed E-state index contributed by atoms with van der Waals surface area (Å²) in [5, 5.41) is 21.8. The predicted octanol–water partition coefficient (Wildman–Crippen LogP) is 0.473. The molecule has 7 nitrogen and oxygen atoms in total. The number of aliphatic carboxylic acids is 1. The number of rotatable bonds is 8. The molecular weight excluding hydrogens is 318 g/mol. The first-order chi connectivity index (χ1) is 9.85. The summed E-state index contributed by atoms with van der Waals surface area (Å²) < 4.78 is 1.77. The molecule has 0 aromatic carbocycles. The molecule has 1 aromatic rings. The van der Waals surface area contributed by atoms with E-state index >= 15 is 0 Å². The van der Waals surface area contributed by atoms with Crippen LogP contribution >= 0.6 is 23.4 Å². The number of hydrogen-bond donors (Lipinski definition) is 3. The van der Waals surface area contributed by atoms with Gasteiger partial charge in [0.15, 0.2) is 0 Å². The number of nitrogens with zero attached hydrogens (tertiary/aromatic N) is 2. The van der Waals surface area contributed by atoms with Crippen LogP contribution in [0.3, 0.4) is 0 Å². The van der Waals surface area contributed by atoms with E-state index in [4.69, 9.17) is 16.7 Å². The highest BCUT2D eigenvalue weighted by Crippen LogP contribution is 2.21. The summed E-state index contributed by atoms with van der Waals surface area (Å²) in [4.78, 5) is 26.2. The van der Waals surface area contributed by atoms with Crippen molar-refractivity contribution in [2.45, 2.75) is 37.6 Å². The second-order valence-corrected chi connectivity index (χ2v) is 5.81. The minimum absolute atomic E-state index is 0.103. The molecule has 1 aromatic heterocycles. The van der Waals surface area contributed by atoms with Gasteiger partial charge >= 0.3 is 5.97 Å². The molecule has 0 aliphatic heterocycles. The Morgan fingerprint density at radius 1 is 1.57 bits per heavy atom. The number of carbonyl (C=O) groups excluding carboxylic acids is 1. The molecule has 3 N–H and O–H groups in total. The number of hydrogen-bond acceptors (Lipinski definition) is 5. The van der Waals surface area contributed by atoms with Crippen LogP contribution in [0.15, 0.2) is 11.2 Å². The maximum absolute atomic E-state index is 11.1. The molecule has 0 aliphatic carbocycles. The molecule has 0 spiro atoms. The predicted molar refractivity (Wildman–Crippen MR) is 79.7 cm³/mol. The molecule has 2 atom stereocenters. The van der Waals surface area contributed by atoms with Gasteiger partial charge < -0.3 is 20.1 Å². The van der Waals surface area contributed by atoms with Gasteiger partial charge in [-0.25, -0.2) is 9.78 Å². The third-order valence-electron chi connectivity index (χ3n) is 2.66. The molecule has 1 heterocycles. The number of aryl methyl sites for hydroxylation is 1. The maximum Gasteiger partial charge on any atom is 0.327 e. The zero-order chi connectivity index (χ0) is 16.0. The lowest BCUT2D eigenvalue weighted by Crippen LogP contribution is -2.41. The number of halogens is 1. The van der Waals surface area contributed by atoms with E-state index in [1.54, 1.807) is 17.7 Å². The zero-order valence-electron chi connectivity index (χ0n) is 11.7. The van der Waals surface area contributed by atoms with E-state index in [2.05, 4.69) is 10.3 Å². The SMILES string of the molecule is CC(=O)NC(CSc1cnc(C)n1CC(O)CCl)C(=O)O. The fourth-order valence-electron chi connectivity index (χ4n) is 1.63. The molecular formula is C12H18ClN3O4S. The molecule has 118 valence electrons. The normalized spacial score (nSPS) is 13.7. The first-order valence-corrected chi connectivity index (χ1v) is 7.76. The molecule has 21 heavy (non-hydrogen) atoms. The Kier molecular flexibility index (Phi) is 7.00. The van der Waals surface area contributed by atoms with Crippen LogP contribution in [-0.2, 0) is 16.1 Å². The number of aromatic nitrogens is 2. The van der Waals surface area contributed by atoms with Gasteiger partial charge in [-0.1, -0.05) is 0 Å². The lowest BCUT2D eigenvalue weighted by Gasteiger charge is -2.15. The summed E-state index contributed by atoms with van der Waals surface area (Å²) in [6, 6.07) is -0.978. The van der Waals surface area contributed by atoms with Crippen molar-refractivity contribution in [3.63, 3.8) is 0 Å². The fourth-order valence-corrected chi connectivity index (χ4v) is 2.78. The summed E-state index contributed by atoms with van der Waals surface area (Å²) in [6.45, 7) is 3.34. The molecule has 0 radical (unpaired) electrons. The Morgan fingerprint density at radius 2 is 2.24 bits per heavy atom. The average molecular weight is 336 g/mol. The van der Waals surface area contributed by atoms with Gasteiger partial charge in [-0.15, -0.1) is 23.4 Å². The van der Waals surface area contributed by atoms with Crippen molar-refractivity contribution in [1.82, 2.24) is 14.9 Å². The number of alkyl halides is 1. The van der Waals surface area contributed by atoms with Crippen LogP contribution in [-0.4, -0.2) is 55.4 Å². The van der Waals surface area contributed by atoms with Gasteiger partial charge in [-0.05, 0) is 6.92 Å². The molecule has 0 saturated carbocycles. The Bertz CT molecular complexity index is 509.